The van der Waals surface area contributed by atoms with Gasteiger partial charge in [0.1, 0.15) is 0 Å². The molecule has 9 heteroatoms. The van der Waals surface area contributed by atoms with Crippen LogP contribution in [0.15, 0.2) is 65.6 Å². The average molecular weight is 581 g/mol. The third-order valence-corrected chi connectivity index (χ3v) is 8.82. The fourth-order valence-electron chi connectivity index (χ4n) is 4.34. The number of hydrogen-bond acceptors (Lipinski definition) is 6. The Balaban J connectivity index is 1.27. The third kappa shape index (κ3) is 6.05. The Morgan fingerprint density at radius 3 is 2.78 bits per heavy atom. The summed E-state index contributed by atoms with van der Waals surface area (Å²) in [6, 6.07) is 20.3. The standard InChI is InChI=1S/C28H28ClN5O2Se/c1-18(31-26-23-13-30-14-24(23)32-27(29)33-26)25-12-21(17-37-25)22-11-7-6-10-20(22)15-34(2)28(35)36-16-19-8-4-3-5-9-19/h3-12,17-18,30H,13-16H2,1-2H3,(H,31,32,33)/t18-/m1/s1. The molecule has 1 atom stereocenters. The molecule has 2 aromatic carbocycles. The summed E-state index contributed by atoms with van der Waals surface area (Å²) in [4.78, 5) is 25.3. The molecule has 0 aliphatic carbocycles. The second-order valence-electron chi connectivity index (χ2n) is 9.03. The van der Waals surface area contributed by atoms with Crippen LogP contribution in [0.25, 0.3) is 11.1 Å². The van der Waals surface area contributed by atoms with Gasteiger partial charge in [0.2, 0.25) is 0 Å². The minimum atomic E-state index is -0.345. The molecule has 0 saturated carbocycles. The van der Waals surface area contributed by atoms with Crippen molar-refractivity contribution in [3.05, 3.63) is 97.7 Å². The van der Waals surface area contributed by atoms with Crippen LogP contribution in [-0.2, 0) is 31.0 Å². The van der Waals surface area contributed by atoms with Gasteiger partial charge in [-0.1, -0.05) is 6.07 Å². The van der Waals surface area contributed by atoms with Crippen LogP contribution < -0.4 is 10.6 Å². The number of carbonyl (C=O) groups is 1. The summed E-state index contributed by atoms with van der Waals surface area (Å²) in [6.07, 6.45) is -0.345. The number of ether oxygens (including phenoxy) is 1. The minimum absolute atomic E-state index is 0.104. The maximum atomic E-state index is 12.6. The first-order valence-corrected chi connectivity index (χ1v) is 14.3. The van der Waals surface area contributed by atoms with E-state index in [2.05, 4.69) is 50.7 Å². The molecule has 1 aliphatic rings. The molecule has 0 unspecified atom stereocenters. The van der Waals surface area contributed by atoms with Gasteiger partial charge in [-0.05, 0) is 0 Å². The summed E-state index contributed by atoms with van der Waals surface area (Å²) < 4.78 is 6.83. The molecule has 0 fully saturated rings. The van der Waals surface area contributed by atoms with Crippen molar-refractivity contribution in [1.29, 1.82) is 0 Å². The van der Waals surface area contributed by atoms with E-state index in [1.54, 1.807) is 11.9 Å². The van der Waals surface area contributed by atoms with Crippen LogP contribution in [0.5, 0.6) is 0 Å². The van der Waals surface area contributed by atoms with Gasteiger partial charge in [0, 0.05) is 0 Å². The number of halogens is 1. The normalized spacial score (nSPS) is 13.2. The first kappa shape index (κ1) is 25.5. The van der Waals surface area contributed by atoms with Crippen molar-refractivity contribution in [3.8, 4) is 11.1 Å². The summed E-state index contributed by atoms with van der Waals surface area (Å²) in [5.41, 5.74) is 6.40. The van der Waals surface area contributed by atoms with Crippen molar-refractivity contribution in [2.45, 2.75) is 39.2 Å². The number of aromatic nitrogens is 2. The Morgan fingerprint density at radius 2 is 1.95 bits per heavy atom. The van der Waals surface area contributed by atoms with E-state index >= 15 is 0 Å². The molecule has 1 aliphatic heterocycles. The zero-order chi connectivity index (χ0) is 25.8. The molecule has 0 bridgehead atoms. The van der Waals surface area contributed by atoms with Gasteiger partial charge >= 0.3 is 222 Å². The van der Waals surface area contributed by atoms with Crippen LogP contribution in [-0.4, -0.2) is 42.5 Å². The zero-order valence-corrected chi connectivity index (χ0v) is 23.2. The summed E-state index contributed by atoms with van der Waals surface area (Å²) in [5, 5.41) is 7.13. The number of benzene rings is 2. The van der Waals surface area contributed by atoms with Crippen LogP contribution in [0, 0.1) is 0 Å². The molecule has 2 N–H and O–H groups in total. The number of rotatable bonds is 8. The number of fused-ring (bicyclic) bond motifs is 1. The molecule has 0 spiro atoms. The van der Waals surface area contributed by atoms with Gasteiger partial charge in [-0.3, -0.25) is 0 Å². The number of anilines is 1. The van der Waals surface area contributed by atoms with E-state index in [0.717, 1.165) is 40.3 Å². The fraction of sp³-hybridized carbons (Fsp3) is 0.250. The van der Waals surface area contributed by atoms with E-state index in [1.807, 2.05) is 42.5 Å². The second-order valence-corrected chi connectivity index (χ2v) is 11.3. The van der Waals surface area contributed by atoms with Gasteiger partial charge < -0.3 is 0 Å². The predicted molar refractivity (Wildman–Crippen MR) is 147 cm³/mol. The second kappa shape index (κ2) is 11.5. The molecule has 3 heterocycles. The fourth-order valence-corrected chi connectivity index (χ4v) is 6.45. The van der Waals surface area contributed by atoms with E-state index in [9.17, 15) is 4.79 Å². The number of carbonyl (C=O) groups excluding carboxylic acids is 1. The first-order chi connectivity index (χ1) is 18.0. The van der Waals surface area contributed by atoms with Gasteiger partial charge in [-0.25, -0.2) is 0 Å². The monoisotopic (exact) mass is 581 g/mol. The van der Waals surface area contributed by atoms with Crippen LogP contribution >= 0.6 is 11.6 Å². The number of amides is 1. The van der Waals surface area contributed by atoms with Gasteiger partial charge in [0.05, 0.1) is 0 Å². The molecule has 37 heavy (non-hydrogen) atoms. The van der Waals surface area contributed by atoms with Crippen LogP contribution in [0.3, 0.4) is 0 Å². The topological polar surface area (TPSA) is 79.4 Å². The van der Waals surface area contributed by atoms with Gasteiger partial charge in [0.25, 0.3) is 0 Å². The summed E-state index contributed by atoms with van der Waals surface area (Å²) in [5.74, 6) is 0.800. The molecule has 0 radical (unpaired) electrons. The van der Waals surface area contributed by atoms with Gasteiger partial charge in [-0.2, -0.15) is 0 Å². The quantitative estimate of drug-likeness (QED) is 0.215. The number of nitrogens with one attached hydrogen (secondary N) is 2. The zero-order valence-electron chi connectivity index (χ0n) is 20.7. The van der Waals surface area contributed by atoms with Crippen LogP contribution in [0.1, 0.15) is 39.8 Å². The Morgan fingerprint density at radius 1 is 1.16 bits per heavy atom. The maximum absolute atomic E-state index is 12.6. The van der Waals surface area contributed by atoms with Crippen molar-refractivity contribution in [3.63, 3.8) is 0 Å². The molecule has 7 nitrogen and oxygen atoms in total. The Bertz CT molecular complexity index is 1390. The van der Waals surface area contributed by atoms with Gasteiger partial charge in [-0.15, -0.1) is 0 Å². The van der Waals surface area contributed by atoms with Gasteiger partial charge in [0.15, 0.2) is 0 Å². The third-order valence-electron chi connectivity index (χ3n) is 6.31. The summed E-state index contributed by atoms with van der Waals surface area (Å²) >= 11 is 6.36. The summed E-state index contributed by atoms with van der Waals surface area (Å²) in [6.45, 7) is 4.32. The van der Waals surface area contributed by atoms with E-state index in [4.69, 9.17) is 16.3 Å². The van der Waals surface area contributed by atoms with Crippen LogP contribution in [0.2, 0.25) is 5.28 Å². The molecular weight excluding hydrogens is 553 g/mol. The molecule has 1 amide bonds. The molecular formula is C28H28ClN5O2Se. The van der Waals surface area contributed by atoms with Crippen LogP contribution in [0.4, 0.5) is 10.6 Å². The van der Waals surface area contributed by atoms with Crippen molar-refractivity contribution in [2.24, 2.45) is 0 Å². The Kier molecular flexibility index (Phi) is 7.91. The van der Waals surface area contributed by atoms with E-state index in [-0.39, 0.29) is 38.5 Å². The number of hydrogen-bond donors (Lipinski definition) is 2. The summed E-state index contributed by atoms with van der Waals surface area (Å²) in [7, 11) is 1.77. The number of nitrogens with zero attached hydrogens (tertiary/aromatic N) is 3. The molecule has 4 aromatic rings. The van der Waals surface area contributed by atoms with E-state index in [0.29, 0.717) is 13.1 Å². The van der Waals surface area contributed by atoms with Crippen molar-refractivity contribution in [2.75, 3.05) is 12.4 Å². The Labute approximate surface area is 227 Å². The molecule has 0 saturated heterocycles. The average Bonchev–Trinajstić information content (AvgIpc) is 3.58. The van der Waals surface area contributed by atoms with Crippen molar-refractivity contribution < 1.29 is 9.53 Å². The SMILES string of the molecule is C[C@@H](Nc1nc(Cl)nc2c1CNC2)c1cc(-c2ccccc2CN(C)C(=O)OCc2ccccc2)c[se]1. The van der Waals surface area contributed by atoms with Crippen molar-refractivity contribution in [1.82, 2.24) is 20.2 Å². The molecule has 190 valence electrons. The Hall–Kier alpha value is -3.16. The van der Waals surface area contributed by atoms with E-state index in [1.165, 1.54) is 10.0 Å². The molecule has 2 aromatic heterocycles. The first-order valence-electron chi connectivity index (χ1n) is 12.1. The molecule has 5 rings (SSSR count). The predicted octanol–water partition coefficient (Wildman–Crippen LogP) is 5.40. The van der Waals surface area contributed by atoms with Crippen molar-refractivity contribution >= 4 is 38.0 Å². The van der Waals surface area contributed by atoms with E-state index < -0.39 is 0 Å².